The molecule has 0 saturated carbocycles. The molecule has 0 N–H and O–H groups in total. The van der Waals surface area contributed by atoms with E-state index in [4.69, 9.17) is 4.98 Å². The van der Waals surface area contributed by atoms with Gasteiger partial charge < -0.3 is 9.80 Å². The lowest BCUT2D eigenvalue weighted by Crippen LogP contribution is -2.44. The van der Waals surface area contributed by atoms with E-state index < -0.39 is 0 Å². The quantitative estimate of drug-likeness (QED) is 0.845. The topological polar surface area (TPSA) is 19.4 Å². The first-order valence-corrected chi connectivity index (χ1v) is 8.75. The Morgan fingerprint density at radius 1 is 1.18 bits per heavy atom. The van der Waals surface area contributed by atoms with Crippen LogP contribution in [-0.4, -0.2) is 42.6 Å². The zero-order chi connectivity index (χ0) is 15.1. The van der Waals surface area contributed by atoms with Gasteiger partial charge in [-0.25, -0.2) is 9.37 Å². The Morgan fingerprint density at radius 3 is 2.82 bits per heavy atom. The number of rotatable bonds is 2. The molecule has 0 bridgehead atoms. The SMILES string of the molecule is CN1CCC2CN(c3nc(-c4ccc(F)cc4)cs3)CCC21. The first-order valence-electron chi connectivity index (χ1n) is 7.87. The van der Waals surface area contributed by atoms with Gasteiger partial charge in [0.15, 0.2) is 5.13 Å². The van der Waals surface area contributed by atoms with Crippen LogP contribution in [0.3, 0.4) is 0 Å². The Labute approximate surface area is 134 Å². The van der Waals surface area contributed by atoms with Crippen molar-refractivity contribution in [2.45, 2.75) is 18.9 Å². The number of hydrogen-bond donors (Lipinski definition) is 0. The zero-order valence-electron chi connectivity index (χ0n) is 12.7. The van der Waals surface area contributed by atoms with Gasteiger partial charge in [-0.2, -0.15) is 0 Å². The third-order valence-corrected chi connectivity index (χ3v) is 5.92. The van der Waals surface area contributed by atoms with Crippen LogP contribution in [0.25, 0.3) is 11.3 Å². The molecule has 2 atom stereocenters. The molecule has 2 aliphatic rings. The summed E-state index contributed by atoms with van der Waals surface area (Å²) < 4.78 is 13.0. The molecule has 116 valence electrons. The summed E-state index contributed by atoms with van der Waals surface area (Å²) in [7, 11) is 2.25. The molecule has 2 unspecified atom stereocenters. The number of fused-ring (bicyclic) bond motifs is 1. The third-order valence-electron chi connectivity index (χ3n) is 5.02. The van der Waals surface area contributed by atoms with Crippen LogP contribution in [0.15, 0.2) is 29.6 Å². The highest BCUT2D eigenvalue weighted by Gasteiger charge is 2.36. The van der Waals surface area contributed by atoms with Gasteiger partial charge in [0, 0.05) is 30.1 Å². The molecule has 3 heterocycles. The second kappa shape index (κ2) is 5.63. The van der Waals surface area contributed by atoms with Crippen molar-refractivity contribution in [3.05, 3.63) is 35.5 Å². The van der Waals surface area contributed by atoms with Gasteiger partial charge in [-0.15, -0.1) is 11.3 Å². The molecule has 3 nitrogen and oxygen atoms in total. The van der Waals surface area contributed by atoms with E-state index in [1.807, 2.05) is 0 Å². The van der Waals surface area contributed by atoms with Crippen LogP contribution >= 0.6 is 11.3 Å². The smallest absolute Gasteiger partial charge is 0.185 e. The van der Waals surface area contributed by atoms with Crippen molar-refractivity contribution in [3.63, 3.8) is 0 Å². The van der Waals surface area contributed by atoms with Crippen molar-refractivity contribution in [1.29, 1.82) is 0 Å². The Kier molecular flexibility index (Phi) is 3.62. The maximum atomic E-state index is 13.0. The van der Waals surface area contributed by atoms with Gasteiger partial charge in [0.1, 0.15) is 5.82 Å². The molecule has 0 amide bonds. The van der Waals surface area contributed by atoms with E-state index in [2.05, 4.69) is 22.2 Å². The highest BCUT2D eigenvalue weighted by molar-refractivity contribution is 7.14. The van der Waals surface area contributed by atoms with Gasteiger partial charge in [0.05, 0.1) is 5.69 Å². The van der Waals surface area contributed by atoms with Crippen molar-refractivity contribution in [2.75, 3.05) is 31.6 Å². The highest BCUT2D eigenvalue weighted by atomic mass is 32.1. The lowest BCUT2D eigenvalue weighted by molar-refractivity contribution is 0.239. The monoisotopic (exact) mass is 317 g/mol. The minimum Gasteiger partial charge on any atom is -0.348 e. The molecule has 22 heavy (non-hydrogen) atoms. The molecule has 2 fully saturated rings. The summed E-state index contributed by atoms with van der Waals surface area (Å²) in [5, 5.41) is 3.18. The van der Waals surface area contributed by atoms with Gasteiger partial charge >= 0.3 is 0 Å². The van der Waals surface area contributed by atoms with Gasteiger partial charge in [-0.05, 0) is 56.6 Å². The number of halogens is 1. The lowest BCUT2D eigenvalue weighted by atomic mass is 9.93. The molecule has 0 radical (unpaired) electrons. The fraction of sp³-hybridized carbons (Fsp3) is 0.471. The number of benzene rings is 1. The Bertz CT molecular complexity index is 654. The molecule has 2 saturated heterocycles. The van der Waals surface area contributed by atoms with Gasteiger partial charge in [-0.3, -0.25) is 0 Å². The molecule has 0 spiro atoms. The maximum Gasteiger partial charge on any atom is 0.185 e. The number of hydrogen-bond acceptors (Lipinski definition) is 4. The fourth-order valence-electron chi connectivity index (χ4n) is 3.76. The van der Waals surface area contributed by atoms with E-state index in [9.17, 15) is 4.39 Å². The predicted molar refractivity (Wildman–Crippen MR) is 88.9 cm³/mol. The average molecular weight is 317 g/mol. The molecule has 2 aliphatic heterocycles. The number of thiazole rings is 1. The molecule has 0 aliphatic carbocycles. The summed E-state index contributed by atoms with van der Waals surface area (Å²) >= 11 is 1.70. The zero-order valence-corrected chi connectivity index (χ0v) is 13.5. The third kappa shape index (κ3) is 2.52. The van der Waals surface area contributed by atoms with Gasteiger partial charge in [0.25, 0.3) is 0 Å². The second-order valence-electron chi connectivity index (χ2n) is 6.35. The molecule has 1 aromatic carbocycles. The summed E-state index contributed by atoms with van der Waals surface area (Å²) in [5.41, 5.74) is 1.94. The van der Waals surface area contributed by atoms with Crippen LogP contribution in [0.5, 0.6) is 0 Å². The number of aromatic nitrogens is 1. The molecular weight excluding hydrogens is 297 g/mol. The van der Waals surface area contributed by atoms with Gasteiger partial charge in [-0.1, -0.05) is 0 Å². The summed E-state index contributed by atoms with van der Waals surface area (Å²) in [6.45, 7) is 3.43. The van der Waals surface area contributed by atoms with Crippen LogP contribution in [0, 0.1) is 11.7 Å². The standard InChI is InChI=1S/C17H20FN3S/c1-20-8-6-13-10-21(9-7-16(13)20)17-19-15(11-22-17)12-2-4-14(18)5-3-12/h2-5,11,13,16H,6-10H2,1H3. The second-order valence-corrected chi connectivity index (χ2v) is 7.19. The average Bonchev–Trinajstić information content (AvgIpc) is 3.15. The van der Waals surface area contributed by atoms with Gasteiger partial charge in [0.2, 0.25) is 0 Å². The van der Waals surface area contributed by atoms with Crippen LogP contribution in [-0.2, 0) is 0 Å². The minimum atomic E-state index is -0.202. The number of anilines is 1. The Hall–Kier alpha value is -1.46. The largest absolute Gasteiger partial charge is 0.348 e. The highest BCUT2D eigenvalue weighted by Crippen LogP contribution is 2.35. The first kappa shape index (κ1) is 14.2. The van der Waals surface area contributed by atoms with Crippen molar-refractivity contribution < 1.29 is 4.39 Å². The van der Waals surface area contributed by atoms with Crippen molar-refractivity contribution in [1.82, 2.24) is 9.88 Å². The van der Waals surface area contributed by atoms with Crippen LogP contribution < -0.4 is 4.90 Å². The van der Waals surface area contributed by atoms with E-state index in [0.29, 0.717) is 0 Å². The Balaban J connectivity index is 1.51. The summed E-state index contributed by atoms with van der Waals surface area (Å²) in [6.07, 6.45) is 2.53. The van der Waals surface area contributed by atoms with Crippen LogP contribution in [0.2, 0.25) is 0 Å². The van der Waals surface area contributed by atoms with E-state index in [-0.39, 0.29) is 5.82 Å². The number of piperidine rings is 1. The van der Waals surface area contributed by atoms with Crippen molar-refractivity contribution >= 4 is 16.5 Å². The predicted octanol–water partition coefficient (Wildman–Crippen LogP) is 3.48. The van der Waals surface area contributed by atoms with E-state index >= 15 is 0 Å². The Morgan fingerprint density at radius 2 is 2.00 bits per heavy atom. The number of likely N-dealkylation sites (tertiary alicyclic amines) is 1. The van der Waals surface area contributed by atoms with Crippen molar-refractivity contribution in [3.8, 4) is 11.3 Å². The lowest BCUT2D eigenvalue weighted by Gasteiger charge is -2.36. The molecule has 5 heteroatoms. The summed E-state index contributed by atoms with van der Waals surface area (Å²) in [5.74, 6) is 0.573. The minimum absolute atomic E-state index is 0.202. The molecular formula is C17H20FN3S. The van der Waals surface area contributed by atoms with Crippen LogP contribution in [0.1, 0.15) is 12.8 Å². The molecule has 4 rings (SSSR count). The van der Waals surface area contributed by atoms with Crippen molar-refractivity contribution in [2.24, 2.45) is 5.92 Å². The maximum absolute atomic E-state index is 13.0. The summed E-state index contributed by atoms with van der Waals surface area (Å²) in [6, 6.07) is 7.34. The normalized spacial score (nSPS) is 25.5. The van der Waals surface area contributed by atoms with Crippen LogP contribution in [0.4, 0.5) is 9.52 Å². The van der Waals surface area contributed by atoms with E-state index in [1.54, 1.807) is 23.5 Å². The fourth-order valence-corrected chi connectivity index (χ4v) is 4.63. The summed E-state index contributed by atoms with van der Waals surface area (Å²) in [4.78, 5) is 9.71. The number of nitrogens with zero attached hydrogens (tertiary/aromatic N) is 3. The van der Waals surface area contributed by atoms with E-state index in [1.165, 1.54) is 31.5 Å². The van der Waals surface area contributed by atoms with E-state index in [0.717, 1.165) is 41.4 Å². The first-order chi connectivity index (χ1) is 10.7. The molecule has 1 aromatic heterocycles. The molecule has 2 aromatic rings.